The van der Waals surface area contributed by atoms with Crippen LogP contribution in [0.1, 0.15) is 29.0 Å². The first kappa shape index (κ1) is 20.2. The number of rotatable bonds is 5. The zero-order valence-electron chi connectivity index (χ0n) is 17.6. The largest absolute Gasteiger partial charge is 0.354 e. The molecule has 0 bridgehead atoms. The van der Waals surface area contributed by atoms with Gasteiger partial charge in [0, 0.05) is 31.6 Å². The average Bonchev–Trinajstić information content (AvgIpc) is 3.51. The van der Waals surface area contributed by atoms with Gasteiger partial charge in [0.2, 0.25) is 11.8 Å². The summed E-state index contributed by atoms with van der Waals surface area (Å²) >= 11 is 0. The molecule has 0 saturated carbocycles. The molecule has 2 atom stereocenters. The Kier molecular flexibility index (Phi) is 5.13. The molecule has 5 rings (SSSR count). The van der Waals surface area contributed by atoms with Crippen LogP contribution in [0.5, 0.6) is 0 Å². The van der Waals surface area contributed by atoms with Gasteiger partial charge in [0.15, 0.2) is 0 Å². The first-order valence-corrected chi connectivity index (χ1v) is 10.9. The third-order valence-corrected chi connectivity index (χ3v) is 6.46. The van der Waals surface area contributed by atoms with Crippen LogP contribution >= 0.6 is 0 Å². The van der Waals surface area contributed by atoms with Gasteiger partial charge in [-0.1, -0.05) is 30.3 Å². The number of hydrogen-bond acceptors (Lipinski definition) is 4. The molecule has 3 aromatic rings. The molecular formula is C24H25N5O3. The quantitative estimate of drug-likeness (QED) is 0.571. The summed E-state index contributed by atoms with van der Waals surface area (Å²) < 4.78 is 0. The lowest BCUT2D eigenvalue weighted by atomic mass is 9.84. The number of benzene rings is 2. The van der Waals surface area contributed by atoms with E-state index in [9.17, 15) is 14.4 Å². The van der Waals surface area contributed by atoms with Crippen molar-refractivity contribution in [2.45, 2.75) is 25.3 Å². The van der Waals surface area contributed by atoms with E-state index in [1.165, 1.54) is 0 Å². The number of likely N-dealkylation sites (tertiary alicyclic amines) is 1. The SMILES string of the molecule is O=C(NCCc1nc2ccccc2[nH]1)[C@@H]1C[C@]2(CCN(C(=O)c3ccccc3)C2)C(=O)N1. The van der Waals surface area contributed by atoms with E-state index < -0.39 is 11.5 Å². The zero-order chi connectivity index (χ0) is 22.1. The number of H-pyrrole nitrogens is 1. The molecule has 32 heavy (non-hydrogen) atoms. The molecule has 1 aromatic heterocycles. The first-order chi connectivity index (χ1) is 15.5. The van der Waals surface area contributed by atoms with Crippen LogP contribution in [-0.4, -0.2) is 58.3 Å². The predicted octanol–water partition coefficient (Wildman–Crippen LogP) is 1.64. The highest BCUT2D eigenvalue weighted by Crippen LogP contribution is 2.40. The molecule has 8 heteroatoms. The van der Waals surface area contributed by atoms with E-state index in [2.05, 4.69) is 20.6 Å². The van der Waals surface area contributed by atoms with Crippen LogP contribution in [0.2, 0.25) is 0 Å². The fraction of sp³-hybridized carbons (Fsp3) is 0.333. The summed E-state index contributed by atoms with van der Waals surface area (Å²) in [5.41, 5.74) is 1.79. The summed E-state index contributed by atoms with van der Waals surface area (Å²) in [6.07, 6.45) is 1.55. The van der Waals surface area contributed by atoms with Crippen molar-refractivity contribution in [2.24, 2.45) is 5.41 Å². The van der Waals surface area contributed by atoms with Crippen LogP contribution < -0.4 is 10.6 Å². The molecular weight excluding hydrogens is 406 g/mol. The molecule has 0 radical (unpaired) electrons. The smallest absolute Gasteiger partial charge is 0.253 e. The number of amides is 3. The van der Waals surface area contributed by atoms with Gasteiger partial charge < -0.3 is 20.5 Å². The second kappa shape index (κ2) is 8.11. The van der Waals surface area contributed by atoms with Crippen LogP contribution in [0.3, 0.4) is 0 Å². The molecule has 1 spiro atoms. The summed E-state index contributed by atoms with van der Waals surface area (Å²) in [7, 11) is 0. The molecule has 2 fully saturated rings. The summed E-state index contributed by atoms with van der Waals surface area (Å²) in [5.74, 6) is 0.399. The highest BCUT2D eigenvalue weighted by molar-refractivity contribution is 5.97. The third-order valence-electron chi connectivity index (χ3n) is 6.46. The Morgan fingerprint density at radius 1 is 1.12 bits per heavy atom. The van der Waals surface area contributed by atoms with E-state index in [4.69, 9.17) is 0 Å². The van der Waals surface area contributed by atoms with Gasteiger partial charge in [-0.05, 0) is 37.1 Å². The van der Waals surface area contributed by atoms with Gasteiger partial charge in [-0.15, -0.1) is 0 Å². The number of carbonyl (C=O) groups excluding carboxylic acids is 3. The molecule has 3 heterocycles. The van der Waals surface area contributed by atoms with Crippen LogP contribution in [-0.2, 0) is 16.0 Å². The standard InChI is InChI=1S/C24H25N5O3/c30-21(25-12-10-20-26-17-8-4-5-9-18(17)27-20)19-14-24(23(32)28-19)11-13-29(15-24)22(31)16-6-2-1-3-7-16/h1-9,19H,10-15H2,(H,25,30)(H,26,27)(H,28,32)/t19-,24-/m0/s1. The van der Waals surface area contributed by atoms with Crippen molar-refractivity contribution in [1.82, 2.24) is 25.5 Å². The summed E-state index contributed by atoms with van der Waals surface area (Å²) in [5, 5.41) is 5.75. The Labute approximate surface area is 185 Å². The van der Waals surface area contributed by atoms with Crippen LogP contribution in [0.15, 0.2) is 54.6 Å². The molecule has 2 saturated heterocycles. The lowest BCUT2D eigenvalue weighted by molar-refractivity contribution is -0.128. The minimum Gasteiger partial charge on any atom is -0.354 e. The topological polar surface area (TPSA) is 107 Å². The summed E-state index contributed by atoms with van der Waals surface area (Å²) in [6, 6.07) is 16.3. The van der Waals surface area contributed by atoms with Gasteiger partial charge in [-0.25, -0.2) is 4.98 Å². The summed E-state index contributed by atoms with van der Waals surface area (Å²) in [4.78, 5) is 47.7. The maximum Gasteiger partial charge on any atom is 0.253 e. The third kappa shape index (κ3) is 3.72. The molecule has 164 valence electrons. The lowest BCUT2D eigenvalue weighted by Crippen LogP contribution is -2.42. The normalized spacial score (nSPS) is 22.4. The van der Waals surface area contributed by atoms with E-state index in [-0.39, 0.29) is 17.7 Å². The van der Waals surface area contributed by atoms with Crippen molar-refractivity contribution in [3.05, 3.63) is 66.0 Å². The van der Waals surface area contributed by atoms with Crippen molar-refractivity contribution < 1.29 is 14.4 Å². The Hall–Kier alpha value is -3.68. The second-order valence-electron chi connectivity index (χ2n) is 8.59. The number of imidazole rings is 1. The van der Waals surface area contributed by atoms with Gasteiger partial charge in [-0.2, -0.15) is 0 Å². The number of aromatic nitrogens is 2. The van der Waals surface area contributed by atoms with E-state index in [0.29, 0.717) is 44.5 Å². The van der Waals surface area contributed by atoms with Crippen molar-refractivity contribution in [3.8, 4) is 0 Å². The van der Waals surface area contributed by atoms with Crippen molar-refractivity contribution >= 4 is 28.8 Å². The number of carbonyl (C=O) groups is 3. The number of nitrogens with zero attached hydrogens (tertiary/aromatic N) is 2. The molecule has 2 aromatic carbocycles. The van der Waals surface area contributed by atoms with Crippen LogP contribution in [0, 0.1) is 5.41 Å². The number of aromatic amines is 1. The fourth-order valence-corrected chi connectivity index (χ4v) is 4.72. The first-order valence-electron chi connectivity index (χ1n) is 10.9. The molecule has 0 aliphatic carbocycles. The number of fused-ring (bicyclic) bond motifs is 1. The van der Waals surface area contributed by atoms with Crippen LogP contribution in [0.25, 0.3) is 11.0 Å². The highest BCUT2D eigenvalue weighted by Gasteiger charge is 2.53. The molecule has 2 aliphatic heterocycles. The van der Waals surface area contributed by atoms with Crippen molar-refractivity contribution in [1.29, 1.82) is 0 Å². The second-order valence-corrected chi connectivity index (χ2v) is 8.59. The molecule has 3 amide bonds. The minimum absolute atomic E-state index is 0.0750. The Bertz CT molecular complexity index is 1140. The average molecular weight is 431 g/mol. The van der Waals surface area contributed by atoms with E-state index in [1.54, 1.807) is 17.0 Å². The van der Waals surface area contributed by atoms with Gasteiger partial charge in [0.1, 0.15) is 11.9 Å². The Balaban J connectivity index is 1.16. The maximum atomic E-state index is 12.8. The van der Waals surface area contributed by atoms with E-state index in [1.807, 2.05) is 42.5 Å². The molecule has 3 N–H and O–H groups in total. The number of nitrogens with one attached hydrogen (secondary N) is 3. The Morgan fingerprint density at radius 3 is 2.72 bits per heavy atom. The van der Waals surface area contributed by atoms with Gasteiger partial charge in [0.25, 0.3) is 5.91 Å². The van der Waals surface area contributed by atoms with Gasteiger partial charge >= 0.3 is 0 Å². The Morgan fingerprint density at radius 2 is 1.91 bits per heavy atom. The summed E-state index contributed by atoms with van der Waals surface area (Å²) in [6.45, 7) is 1.29. The number of para-hydroxylation sites is 2. The molecule has 8 nitrogen and oxygen atoms in total. The van der Waals surface area contributed by atoms with Crippen molar-refractivity contribution in [3.63, 3.8) is 0 Å². The minimum atomic E-state index is -0.689. The fourth-order valence-electron chi connectivity index (χ4n) is 4.72. The van der Waals surface area contributed by atoms with E-state index in [0.717, 1.165) is 16.9 Å². The maximum absolute atomic E-state index is 12.8. The predicted molar refractivity (Wildman–Crippen MR) is 119 cm³/mol. The monoisotopic (exact) mass is 431 g/mol. The zero-order valence-corrected chi connectivity index (χ0v) is 17.6. The van der Waals surface area contributed by atoms with Crippen LogP contribution in [0.4, 0.5) is 0 Å². The molecule has 2 aliphatic rings. The van der Waals surface area contributed by atoms with Gasteiger partial charge in [-0.3, -0.25) is 14.4 Å². The number of hydrogen-bond donors (Lipinski definition) is 3. The lowest BCUT2D eigenvalue weighted by Gasteiger charge is -2.21. The highest BCUT2D eigenvalue weighted by atomic mass is 16.2. The molecule has 0 unspecified atom stereocenters. The van der Waals surface area contributed by atoms with Crippen molar-refractivity contribution in [2.75, 3.05) is 19.6 Å². The van der Waals surface area contributed by atoms with E-state index >= 15 is 0 Å². The van der Waals surface area contributed by atoms with Gasteiger partial charge in [0.05, 0.1) is 16.4 Å².